The van der Waals surface area contributed by atoms with Gasteiger partial charge in [0.05, 0.1) is 12.7 Å². The number of piperidine rings is 1. The summed E-state index contributed by atoms with van der Waals surface area (Å²) in [5.41, 5.74) is -0.583. The zero-order valence-electron chi connectivity index (χ0n) is 11.3. The van der Waals surface area contributed by atoms with Gasteiger partial charge in [-0.2, -0.15) is 0 Å². The summed E-state index contributed by atoms with van der Waals surface area (Å²) in [6, 6.07) is 0. The minimum atomic E-state index is -0.583. The van der Waals surface area contributed by atoms with Gasteiger partial charge in [0, 0.05) is 31.4 Å². The lowest BCUT2D eigenvalue weighted by Gasteiger charge is -2.42. The number of rotatable bonds is 3. The zero-order chi connectivity index (χ0) is 13.2. The average molecular weight is 251 g/mol. The van der Waals surface area contributed by atoms with Crippen molar-refractivity contribution in [3.8, 4) is 5.88 Å². The molecule has 0 saturated carbocycles. The standard InChI is InChI=1S/C13H21N3O2/c1-4-10-9-16(8-5-13(10,2)17)11-12(18-3)15-7-6-14-11/h6-7,10,17H,4-5,8-9H2,1-3H3/t10-,13+/m0/s1. The van der Waals surface area contributed by atoms with Gasteiger partial charge < -0.3 is 14.7 Å². The first kappa shape index (κ1) is 13.1. The molecule has 0 unspecified atom stereocenters. The Hall–Kier alpha value is -1.36. The maximum Gasteiger partial charge on any atom is 0.257 e. The third kappa shape index (κ3) is 2.41. The molecule has 0 aromatic carbocycles. The van der Waals surface area contributed by atoms with Gasteiger partial charge in [-0.1, -0.05) is 6.92 Å². The Labute approximate surface area is 108 Å². The lowest BCUT2D eigenvalue weighted by molar-refractivity contribution is -0.0184. The van der Waals surface area contributed by atoms with Crippen LogP contribution in [-0.4, -0.2) is 40.9 Å². The number of aromatic nitrogens is 2. The van der Waals surface area contributed by atoms with Crippen LogP contribution in [0.25, 0.3) is 0 Å². The number of anilines is 1. The van der Waals surface area contributed by atoms with E-state index in [1.54, 1.807) is 19.5 Å². The van der Waals surface area contributed by atoms with Crippen LogP contribution in [0.4, 0.5) is 5.82 Å². The van der Waals surface area contributed by atoms with E-state index in [-0.39, 0.29) is 5.92 Å². The fourth-order valence-corrected chi connectivity index (χ4v) is 2.56. The van der Waals surface area contributed by atoms with Crippen molar-refractivity contribution in [1.29, 1.82) is 0 Å². The summed E-state index contributed by atoms with van der Waals surface area (Å²) < 4.78 is 5.24. The number of hydrogen-bond donors (Lipinski definition) is 1. The molecule has 0 aliphatic carbocycles. The van der Waals surface area contributed by atoms with Crippen molar-refractivity contribution in [3.05, 3.63) is 12.4 Å². The molecule has 1 aliphatic heterocycles. The molecule has 0 amide bonds. The predicted molar refractivity (Wildman–Crippen MR) is 69.8 cm³/mol. The SMILES string of the molecule is CC[C@H]1CN(c2nccnc2OC)CC[C@@]1(C)O. The van der Waals surface area contributed by atoms with Gasteiger partial charge in [-0.15, -0.1) is 0 Å². The summed E-state index contributed by atoms with van der Waals surface area (Å²) in [4.78, 5) is 10.7. The van der Waals surface area contributed by atoms with Gasteiger partial charge in [0.1, 0.15) is 0 Å². The highest BCUT2D eigenvalue weighted by Gasteiger charge is 2.37. The van der Waals surface area contributed by atoms with Gasteiger partial charge >= 0.3 is 0 Å². The van der Waals surface area contributed by atoms with Gasteiger partial charge in [-0.25, -0.2) is 9.97 Å². The summed E-state index contributed by atoms with van der Waals surface area (Å²) in [7, 11) is 1.60. The fraction of sp³-hybridized carbons (Fsp3) is 0.692. The second-order valence-corrected chi connectivity index (χ2v) is 5.05. The molecule has 1 saturated heterocycles. The Bertz CT molecular complexity index is 409. The summed E-state index contributed by atoms with van der Waals surface area (Å²) in [6.07, 6.45) is 4.99. The molecule has 5 heteroatoms. The molecule has 2 rings (SSSR count). The Morgan fingerprint density at radius 2 is 2.22 bits per heavy atom. The van der Waals surface area contributed by atoms with Crippen LogP contribution >= 0.6 is 0 Å². The third-order valence-electron chi connectivity index (χ3n) is 3.84. The van der Waals surface area contributed by atoms with E-state index in [1.807, 2.05) is 6.92 Å². The Balaban J connectivity index is 2.20. The van der Waals surface area contributed by atoms with Crippen LogP contribution in [0, 0.1) is 5.92 Å². The summed E-state index contributed by atoms with van der Waals surface area (Å²) in [5.74, 6) is 1.57. The van der Waals surface area contributed by atoms with Gasteiger partial charge in [0.2, 0.25) is 0 Å². The maximum atomic E-state index is 10.3. The van der Waals surface area contributed by atoms with Crippen LogP contribution in [0.5, 0.6) is 5.88 Å². The van der Waals surface area contributed by atoms with Crippen LogP contribution in [-0.2, 0) is 0 Å². The van der Waals surface area contributed by atoms with E-state index < -0.39 is 5.60 Å². The molecular weight excluding hydrogens is 230 g/mol. The molecule has 18 heavy (non-hydrogen) atoms. The smallest absolute Gasteiger partial charge is 0.257 e. The summed E-state index contributed by atoms with van der Waals surface area (Å²) in [6.45, 7) is 5.60. The fourth-order valence-electron chi connectivity index (χ4n) is 2.56. The monoisotopic (exact) mass is 251 g/mol. The van der Waals surface area contributed by atoms with E-state index in [9.17, 15) is 5.11 Å². The number of hydrogen-bond acceptors (Lipinski definition) is 5. The van der Waals surface area contributed by atoms with Crippen molar-refractivity contribution in [2.45, 2.75) is 32.3 Å². The summed E-state index contributed by atoms with van der Waals surface area (Å²) in [5, 5.41) is 10.3. The minimum absolute atomic E-state index is 0.248. The predicted octanol–water partition coefficient (Wildman–Crippen LogP) is 1.47. The Morgan fingerprint density at radius 1 is 1.50 bits per heavy atom. The van der Waals surface area contributed by atoms with Crippen molar-refractivity contribution in [1.82, 2.24) is 9.97 Å². The topological polar surface area (TPSA) is 58.5 Å². The Kier molecular flexibility index (Phi) is 3.71. The number of nitrogens with zero attached hydrogens (tertiary/aromatic N) is 3. The highest BCUT2D eigenvalue weighted by atomic mass is 16.5. The number of aliphatic hydroxyl groups is 1. The van der Waals surface area contributed by atoms with Crippen molar-refractivity contribution in [3.63, 3.8) is 0 Å². The largest absolute Gasteiger partial charge is 0.478 e. The molecule has 100 valence electrons. The van der Waals surface area contributed by atoms with Gasteiger partial charge in [0.15, 0.2) is 5.82 Å². The average Bonchev–Trinajstić information content (AvgIpc) is 2.38. The molecule has 1 aliphatic rings. The molecule has 1 N–H and O–H groups in total. The second-order valence-electron chi connectivity index (χ2n) is 5.05. The molecular formula is C13H21N3O2. The maximum absolute atomic E-state index is 10.3. The first-order valence-corrected chi connectivity index (χ1v) is 6.40. The van der Waals surface area contributed by atoms with Crippen molar-refractivity contribution >= 4 is 5.82 Å². The van der Waals surface area contributed by atoms with E-state index >= 15 is 0 Å². The molecule has 2 heterocycles. The van der Waals surface area contributed by atoms with Crippen molar-refractivity contribution in [2.75, 3.05) is 25.1 Å². The molecule has 1 fully saturated rings. The minimum Gasteiger partial charge on any atom is -0.478 e. The molecule has 1 aromatic heterocycles. The molecule has 0 bridgehead atoms. The van der Waals surface area contributed by atoms with Crippen molar-refractivity contribution < 1.29 is 9.84 Å². The normalized spacial score (nSPS) is 28.2. The first-order chi connectivity index (χ1) is 8.58. The Morgan fingerprint density at radius 3 is 2.89 bits per heavy atom. The van der Waals surface area contributed by atoms with E-state index in [2.05, 4.69) is 21.8 Å². The number of methoxy groups -OCH3 is 1. The van der Waals surface area contributed by atoms with E-state index in [0.29, 0.717) is 5.88 Å². The quantitative estimate of drug-likeness (QED) is 0.881. The summed E-state index contributed by atoms with van der Waals surface area (Å²) >= 11 is 0. The first-order valence-electron chi connectivity index (χ1n) is 6.40. The van der Waals surface area contributed by atoms with Crippen molar-refractivity contribution in [2.24, 2.45) is 5.92 Å². The highest BCUT2D eigenvalue weighted by molar-refractivity contribution is 5.48. The second kappa shape index (κ2) is 5.10. The van der Waals surface area contributed by atoms with E-state index in [1.165, 1.54) is 0 Å². The van der Waals surface area contributed by atoms with Crippen LogP contribution in [0.15, 0.2) is 12.4 Å². The lowest BCUT2D eigenvalue weighted by atomic mass is 9.81. The third-order valence-corrected chi connectivity index (χ3v) is 3.84. The molecule has 2 atom stereocenters. The van der Waals surface area contributed by atoms with Crippen LogP contribution in [0.2, 0.25) is 0 Å². The van der Waals surface area contributed by atoms with E-state index in [0.717, 1.165) is 31.7 Å². The molecule has 0 spiro atoms. The van der Waals surface area contributed by atoms with E-state index in [4.69, 9.17) is 4.74 Å². The molecule has 0 radical (unpaired) electrons. The lowest BCUT2D eigenvalue weighted by Crippen LogP contribution is -2.50. The van der Waals surface area contributed by atoms with Crippen LogP contribution in [0.1, 0.15) is 26.7 Å². The van der Waals surface area contributed by atoms with Crippen LogP contribution in [0.3, 0.4) is 0 Å². The highest BCUT2D eigenvalue weighted by Crippen LogP contribution is 2.34. The van der Waals surface area contributed by atoms with Gasteiger partial charge in [-0.05, 0) is 19.8 Å². The van der Waals surface area contributed by atoms with Gasteiger partial charge in [0.25, 0.3) is 5.88 Å². The number of ether oxygens (including phenoxy) is 1. The molecule has 1 aromatic rings. The van der Waals surface area contributed by atoms with Gasteiger partial charge in [-0.3, -0.25) is 0 Å². The zero-order valence-corrected chi connectivity index (χ0v) is 11.3. The molecule has 5 nitrogen and oxygen atoms in total. The van der Waals surface area contributed by atoms with Crippen LogP contribution < -0.4 is 9.64 Å².